The number of carbonyl (C=O) groups is 2. The highest BCUT2D eigenvalue weighted by Gasteiger charge is 2.26. The molecule has 1 fully saturated rings. The van der Waals surface area contributed by atoms with Crippen LogP contribution in [0.2, 0.25) is 0 Å². The Balaban J connectivity index is 2.32. The quantitative estimate of drug-likeness (QED) is 0.689. The minimum absolute atomic E-state index is 0.0140. The van der Waals surface area contributed by atoms with E-state index in [0.717, 1.165) is 25.7 Å². The zero-order valence-electron chi connectivity index (χ0n) is 12.2. The first-order valence-corrected chi connectivity index (χ1v) is 7.23. The summed E-state index contributed by atoms with van der Waals surface area (Å²) in [6.07, 6.45) is 3.44. The van der Waals surface area contributed by atoms with E-state index in [1.54, 1.807) is 6.92 Å². The van der Waals surface area contributed by atoms with Crippen LogP contribution < -0.4 is 16.4 Å². The molecule has 0 radical (unpaired) electrons. The maximum atomic E-state index is 12.0. The van der Waals surface area contributed by atoms with Crippen molar-refractivity contribution in [2.45, 2.75) is 58.5 Å². The summed E-state index contributed by atoms with van der Waals surface area (Å²) in [5, 5.41) is 5.62. The van der Waals surface area contributed by atoms with Gasteiger partial charge in [0.15, 0.2) is 0 Å². The molecule has 1 unspecified atom stereocenters. The molecule has 5 nitrogen and oxygen atoms in total. The first-order valence-electron chi connectivity index (χ1n) is 7.23. The predicted octanol–water partition coefficient (Wildman–Crippen LogP) is 0.781. The standard InChI is InChI=1S/C14H27N3O2/c1-9(2)8-16-13(18)10(3)17-14(19)11-4-6-12(15)7-5-11/h9-12H,4-8,15H2,1-3H3,(H,16,18)(H,17,19). The lowest BCUT2D eigenvalue weighted by atomic mass is 9.86. The van der Waals surface area contributed by atoms with Crippen molar-refractivity contribution in [1.29, 1.82) is 0 Å². The van der Waals surface area contributed by atoms with Crippen LogP contribution in [-0.4, -0.2) is 30.4 Å². The van der Waals surface area contributed by atoms with E-state index < -0.39 is 6.04 Å². The fraction of sp³-hybridized carbons (Fsp3) is 0.857. The van der Waals surface area contributed by atoms with Crippen molar-refractivity contribution in [1.82, 2.24) is 10.6 Å². The third-order valence-electron chi connectivity index (χ3n) is 3.58. The molecule has 1 saturated carbocycles. The van der Waals surface area contributed by atoms with Gasteiger partial charge in [-0.1, -0.05) is 13.8 Å². The van der Waals surface area contributed by atoms with Gasteiger partial charge in [0.2, 0.25) is 11.8 Å². The smallest absolute Gasteiger partial charge is 0.242 e. The first-order chi connectivity index (χ1) is 8.90. The van der Waals surface area contributed by atoms with Crippen LogP contribution in [0.3, 0.4) is 0 Å². The highest BCUT2D eigenvalue weighted by atomic mass is 16.2. The fourth-order valence-electron chi connectivity index (χ4n) is 2.24. The van der Waals surface area contributed by atoms with Crippen molar-refractivity contribution in [2.75, 3.05) is 6.54 Å². The van der Waals surface area contributed by atoms with Crippen LogP contribution in [0.1, 0.15) is 46.5 Å². The van der Waals surface area contributed by atoms with Gasteiger partial charge in [-0.05, 0) is 38.5 Å². The van der Waals surface area contributed by atoms with Crippen LogP contribution in [-0.2, 0) is 9.59 Å². The molecule has 0 aromatic rings. The van der Waals surface area contributed by atoms with Crippen LogP contribution in [0.5, 0.6) is 0 Å². The lowest BCUT2D eigenvalue weighted by Gasteiger charge is -2.26. The Hall–Kier alpha value is -1.10. The molecule has 0 bridgehead atoms. The maximum Gasteiger partial charge on any atom is 0.242 e. The van der Waals surface area contributed by atoms with E-state index in [9.17, 15) is 9.59 Å². The van der Waals surface area contributed by atoms with Gasteiger partial charge < -0.3 is 16.4 Å². The topological polar surface area (TPSA) is 84.2 Å². The zero-order chi connectivity index (χ0) is 14.4. The first kappa shape index (κ1) is 16.0. The molecule has 1 rings (SSSR count). The van der Waals surface area contributed by atoms with Gasteiger partial charge in [0.1, 0.15) is 6.04 Å². The Bertz CT molecular complexity index is 310. The van der Waals surface area contributed by atoms with Crippen LogP contribution in [0.4, 0.5) is 0 Å². The number of amides is 2. The number of hydrogen-bond acceptors (Lipinski definition) is 3. The highest BCUT2D eigenvalue weighted by Crippen LogP contribution is 2.23. The molecule has 110 valence electrons. The minimum atomic E-state index is -0.471. The van der Waals surface area contributed by atoms with Crippen LogP contribution in [0, 0.1) is 11.8 Å². The second-order valence-corrected chi connectivity index (χ2v) is 5.98. The molecule has 1 aliphatic carbocycles. The van der Waals surface area contributed by atoms with Gasteiger partial charge >= 0.3 is 0 Å². The normalized spacial score (nSPS) is 24.9. The van der Waals surface area contributed by atoms with E-state index in [4.69, 9.17) is 5.73 Å². The van der Waals surface area contributed by atoms with E-state index in [-0.39, 0.29) is 23.8 Å². The van der Waals surface area contributed by atoms with E-state index >= 15 is 0 Å². The summed E-state index contributed by atoms with van der Waals surface area (Å²) >= 11 is 0. The van der Waals surface area contributed by atoms with Gasteiger partial charge in [-0.25, -0.2) is 0 Å². The number of nitrogens with one attached hydrogen (secondary N) is 2. The van der Waals surface area contributed by atoms with Crippen LogP contribution in [0.25, 0.3) is 0 Å². The lowest BCUT2D eigenvalue weighted by molar-refractivity contribution is -0.131. The van der Waals surface area contributed by atoms with Crippen molar-refractivity contribution in [3.63, 3.8) is 0 Å². The molecule has 0 aromatic carbocycles. The molecule has 5 heteroatoms. The van der Waals surface area contributed by atoms with Gasteiger partial charge in [-0.2, -0.15) is 0 Å². The summed E-state index contributed by atoms with van der Waals surface area (Å²) in [7, 11) is 0. The molecule has 0 aliphatic heterocycles. The molecule has 4 N–H and O–H groups in total. The number of nitrogens with two attached hydrogens (primary N) is 1. The summed E-state index contributed by atoms with van der Waals surface area (Å²) in [4.78, 5) is 23.8. The largest absolute Gasteiger partial charge is 0.354 e. The number of hydrogen-bond donors (Lipinski definition) is 3. The van der Waals surface area contributed by atoms with Crippen LogP contribution in [0.15, 0.2) is 0 Å². The lowest BCUT2D eigenvalue weighted by Crippen LogP contribution is -2.48. The Morgan fingerprint density at radius 1 is 1.16 bits per heavy atom. The second-order valence-electron chi connectivity index (χ2n) is 5.98. The average molecular weight is 269 g/mol. The molecule has 0 heterocycles. The Morgan fingerprint density at radius 2 is 1.74 bits per heavy atom. The van der Waals surface area contributed by atoms with E-state index in [1.807, 2.05) is 13.8 Å². The van der Waals surface area contributed by atoms with Gasteiger partial charge in [0, 0.05) is 18.5 Å². The van der Waals surface area contributed by atoms with Crippen molar-refractivity contribution < 1.29 is 9.59 Å². The zero-order valence-corrected chi connectivity index (χ0v) is 12.2. The predicted molar refractivity (Wildman–Crippen MR) is 75.4 cm³/mol. The van der Waals surface area contributed by atoms with Crippen LogP contribution >= 0.6 is 0 Å². The molecule has 0 spiro atoms. The molecule has 1 aliphatic rings. The van der Waals surface area contributed by atoms with Crippen molar-refractivity contribution in [3.8, 4) is 0 Å². The van der Waals surface area contributed by atoms with E-state index in [2.05, 4.69) is 10.6 Å². The van der Waals surface area contributed by atoms with Gasteiger partial charge in [-0.15, -0.1) is 0 Å². The van der Waals surface area contributed by atoms with Crippen molar-refractivity contribution >= 4 is 11.8 Å². The summed E-state index contributed by atoms with van der Waals surface area (Å²) in [5.41, 5.74) is 5.82. The van der Waals surface area contributed by atoms with E-state index in [1.165, 1.54) is 0 Å². The minimum Gasteiger partial charge on any atom is -0.354 e. The Kier molecular flexibility index (Phi) is 6.28. The van der Waals surface area contributed by atoms with E-state index in [0.29, 0.717) is 12.5 Å². The summed E-state index contributed by atoms with van der Waals surface area (Å²) in [5.74, 6) is 0.292. The molecule has 0 saturated heterocycles. The maximum absolute atomic E-state index is 12.0. The van der Waals surface area contributed by atoms with Gasteiger partial charge in [-0.3, -0.25) is 9.59 Å². The van der Waals surface area contributed by atoms with Gasteiger partial charge in [0.25, 0.3) is 0 Å². The molecular weight excluding hydrogens is 242 g/mol. The molecule has 0 aromatic heterocycles. The van der Waals surface area contributed by atoms with Crippen molar-refractivity contribution in [2.24, 2.45) is 17.6 Å². The average Bonchev–Trinajstić information content (AvgIpc) is 2.36. The second kappa shape index (κ2) is 7.48. The monoisotopic (exact) mass is 269 g/mol. The Labute approximate surface area is 115 Å². The summed E-state index contributed by atoms with van der Waals surface area (Å²) < 4.78 is 0. The molecular formula is C14H27N3O2. The van der Waals surface area contributed by atoms with Gasteiger partial charge in [0.05, 0.1) is 0 Å². The fourth-order valence-corrected chi connectivity index (χ4v) is 2.24. The third kappa shape index (κ3) is 5.59. The SMILES string of the molecule is CC(C)CNC(=O)C(C)NC(=O)C1CCC(N)CC1. The third-order valence-corrected chi connectivity index (χ3v) is 3.58. The Morgan fingerprint density at radius 3 is 2.26 bits per heavy atom. The van der Waals surface area contributed by atoms with Crippen molar-refractivity contribution in [3.05, 3.63) is 0 Å². The highest BCUT2D eigenvalue weighted by molar-refractivity contribution is 5.88. The molecule has 1 atom stereocenters. The molecule has 19 heavy (non-hydrogen) atoms. The summed E-state index contributed by atoms with van der Waals surface area (Å²) in [6.45, 7) is 6.43. The molecule has 2 amide bonds. The summed E-state index contributed by atoms with van der Waals surface area (Å²) in [6, 6.07) is -0.238. The number of carbonyl (C=O) groups excluding carboxylic acids is 2. The number of rotatable bonds is 5.